The summed E-state index contributed by atoms with van der Waals surface area (Å²) in [7, 11) is 0. The molecule has 18 heavy (non-hydrogen) atoms. The molecule has 1 aliphatic rings. The van der Waals surface area contributed by atoms with Crippen molar-refractivity contribution in [2.24, 2.45) is 0 Å². The first-order valence-electron chi connectivity index (χ1n) is 6.65. The number of pyridine rings is 1. The lowest BCUT2D eigenvalue weighted by Gasteiger charge is -2.38. The molecular formula is C14H24N2O2. The van der Waals surface area contributed by atoms with Gasteiger partial charge in [-0.05, 0) is 39.4 Å². The zero-order valence-corrected chi connectivity index (χ0v) is 11.8. The van der Waals surface area contributed by atoms with Crippen molar-refractivity contribution >= 4 is 0 Å². The Morgan fingerprint density at radius 2 is 2.00 bits per heavy atom. The van der Waals surface area contributed by atoms with Crippen molar-refractivity contribution in [1.29, 1.82) is 0 Å². The predicted molar refractivity (Wildman–Crippen MR) is 74.2 cm³/mol. The van der Waals surface area contributed by atoms with Crippen LogP contribution >= 0.6 is 0 Å². The summed E-state index contributed by atoms with van der Waals surface area (Å²) >= 11 is 0. The third-order valence-corrected chi connectivity index (χ3v) is 2.70. The average molecular weight is 252 g/mol. The summed E-state index contributed by atoms with van der Waals surface area (Å²) < 4.78 is 5.85. The molecule has 1 fully saturated rings. The summed E-state index contributed by atoms with van der Waals surface area (Å²) in [6.07, 6.45) is 2.90. The van der Waals surface area contributed by atoms with E-state index in [0.29, 0.717) is 5.75 Å². The molecule has 0 spiro atoms. The minimum atomic E-state index is -0.224. The van der Waals surface area contributed by atoms with E-state index in [9.17, 15) is 4.79 Å². The smallest absolute Gasteiger partial charge is 0.248 e. The predicted octanol–water partition coefficient (Wildman–Crippen LogP) is 2.26. The van der Waals surface area contributed by atoms with Crippen LogP contribution in [-0.2, 0) is 0 Å². The summed E-state index contributed by atoms with van der Waals surface area (Å²) in [6.45, 7) is 11.4. The molecule has 0 aromatic carbocycles. The Kier molecular flexibility index (Phi) is 5.41. The fourth-order valence-corrected chi connectivity index (χ4v) is 1.89. The maximum absolute atomic E-state index is 10.9. The fourth-order valence-electron chi connectivity index (χ4n) is 1.89. The molecule has 1 N–H and O–H groups in total. The van der Waals surface area contributed by atoms with Gasteiger partial charge in [0.05, 0.1) is 0 Å². The van der Waals surface area contributed by atoms with E-state index in [1.54, 1.807) is 12.3 Å². The van der Waals surface area contributed by atoms with Crippen LogP contribution in [0.2, 0.25) is 0 Å². The highest BCUT2D eigenvalue weighted by molar-refractivity contribution is 5.16. The SMILES string of the molecule is CC.CC(C)(CN1CCC1)Oc1ccc(=O)[nH]c1. The van der Waals surface area contributed by atoms with Gasteiger partial charge in [-0.25, -0.2) is 0 Å². The van der Waals surface area contributed by atoms with Gasteiger partial charge in [-0.2, -0.15) is 0 Å². The van der Waals surface area contributed by atoms with Gasteiger partial charge in [-0.1, -0.05) is 13.8 Å². The summed E-state index contributed by atoms with van der Waals surface area (Å²) in [4.78, 5) is 15.9. The largest absolute Gasteiger partial charge is 0.485 e. The van der Waals surface area contributed by atoms with Crippen LogP contribution in [0.15, 0.2) is 23.1 Å². The van der Waals surface area contributed by atoms with Gasteiger partial charge in [0.1, 0.15) is 11.4 Å². The van der Waals surface area contributed by atoms with E-state index >= 15 is 0 Å². The third-order valence-electron chi connectivity index (χ3n) is 2.70. The molecule has 0 aliphatic carbocycles. The zero-order valence-electron chi connectivity index (χ0n) is 11.8. The van der Waals surface area contributed by atoms with Gasteiger partial charge >= 0.3 is 0 Å². The van der Waals surface area contributed by atoms with Crippen LogP contribution in [0.5, 0.6) is 5.75 Å². The number of H-pyrrole nitrogens is 1. The Balaban J connectivity index is 0.000000771. The molecule has 0 bridgehead atoms. The second-order valence-corrected chi connectivity index (χ2v) is 4.88. The average Bonchev–Trinajstić information content (AvgIpc) is 2.30. The molecule has 1 aromatic rings. The van der Waals surface area contributed by atoms with E-state index in [2.05, 4.69) is 23.7 Å². The molecule has 4 heteroatoms. The molecule has 0 atom stereocenters. The minimum absolute atomic E-state index is 0.104. The van der Waals surface area contributed by atoms with Gasteiger partial charge in [-0.3, -0.25) is 9.69 Å². The van der Waals surface area contributed by atoms with Crippen molar-refractivity contribution in [3.8, 4) is 5.75 Å². The van der Waals surface area contributed by atoms with E-state index < -0.39 is 0 Å². The molecule has 2 heterocycles. The van der Waals surface area contributed by atoms with Gasteiger partial charge in [0.25, 0.3) is 0 Å². The van der Waals surface area contributed by atoms with E-state index in [0.717, 1.165) is 6.54 Å². The summed E-state index contributed by atoms with van der Waals surface area (Å²) in [5.41, 5.74) is -0.327. The lowest BCUT2D eigenvalue weighted by atomic mass is 10.1. The van der Waals surface area contributed by atoms with Gasteiger partial charge in [0.2, 0.25) is 5.56 Å². The van der Waals surface area contributed by atoms with E-state index in [-0.39, 0.29) is 11.2 Å². The van der Waals surface area contributed by atoms with Crippen molar-refractivity contribution < 1.29 is 4.74 Å². The fraction of sp³-hybridized carbons (Fsp3) is 0.643. The lowest BCUT2D eigenvalue weighted by Crippen LogP contribution is -2.48. The zero-order chi connectivity index (χ0) is 13.6. The Hall–Kier alpha value is -1.29. The molecule has 102 valence electrons. The van der Waals surface area contributed by atoms with Gasteiger partial charge in [0.15, 0.2) is 0 Å². The number of likely N-dealkylation sites (tertiary alicyclic amines) is 1. The number of aromatic nitrogens is 1. The van der Waals surface area contributed by atoms with Crippen molar-refractivity contribution in [3.05, 3.63) is 28.7 Å². The molecule has 1 aromatic heterocycles. The Morgan fingerprint density at radius 3 is 2.44 bits per heavy atom. The maximum atomic E-state index is 10.9. The van der Waals surface area contributed by atoms with Crippen LogP contribution in [0, 0.1) is 0 Å². The molecule has 4 nitrogen and oxygen atoms in total. The molecule has 0 amide bonds. The molecule has 1 aliphatic heterocycles. The van der Waals surface area contributed by atoms with E-state index in [4.69, 9.17) is 4.74 Å². The van der Waals surface area contributed by atoms with E-state index in [1.165, 1.54) is 25.6 Å². The number of ether oxygens (including phenoxy) is 1. The summed E-state index contributed by atoms with van der Waals surface area (Å²) in [5.74, 6) is 0.713. The third kappa shape index (κ3) is 4.53. The van der Waals surface area contributed by atoms with Crippen LogP contribution in [0.4, 0.5) is 0 Å². The maximum Gasteiger partial charge on any atom is 0.248 e. The van der Waals surface area contributed by atoms with Crippen LogP contribution in [0.25, 0.3) is 0 Å². The number of aromatic amines is 1. The van der Waals surface area contributed by atoms with Crippen LogP contribution < -0.4 is 10.3 Å². The van der Waals surface area contributed by atoms with Crippen molar-refractivity contribution in [2.45, 2.75) is 39.7 Å². The number of nitrogens with zero attached hydrogens (tertiary/aromatic N) is 1. The van der Waals surface area contributed by atoms with Crippen LogP contribution in [0.3, 0.4) is 0 Å². The van der Waals surface area contributed by atoms with Crippen LogP contribution in [-0.4, -0.2) is 35.1 Å². The second-order valence-electron chi connectivity index (χ2n) is 4.88. The monoisotopic (exact) mass is 252 g/mol. The molecular weight excluding hydrogens is 228 g/mol. The number of hydrogen-bond acceptors (Lipinski definition) is 3. The molecule has 0 saturated carbocycles. The number of nitrogens with one attached hydrogen (secondary N) is 1. The van der Waals surface area contributed by atoms with Gasteiger partial charge in [-0.15, -0.1) is 0 Å². The standard InChI is InChI=1S/C12H18N2O2.C2H6/c1-12(2,9-14-6-3-7-14)16-10-4-5-11(15)13-8-10;1-2/h4-5,8H,3,6-7,9H2,1-2H3,(H,13,15);1-2H3. The highest BCUT2D eigenvalue weighted by atomic mass is 16.5. The lowest BCUT2D eigenvalue weighted by molar-refractivity contribution is 0.0349. The minimum Gasteiger partial charge on any atom is -0.485 e. The topological polar surface area (TPSA) is 45.3 Å². The first-order valence-corrected chi connectivity index (χ1v) is 6.65. The first-order chi connectivity index (χ1) is 8.55. The summed E-state index contributed by atoms with van der Waals surface area (Å²) in [5, 5.41) is 0. The highest BCUT2D eigenvalue weighted by Gasteiger charge is 2.26. The van der Waals surface area contributed by atoms with Crippen molar-refractivity contribution in [1.82, 2.24) is 9.88 Å². The Morgan fingerprint density at radius 1 is 1.33 bits per heavy atom. The normalized spacial score (nSPS) is 15.3. The summed E-state index contributed by atoms with van der Waals surface area (Å²) in [6, 6.07) is 3.19. The Bertz CT molecular complexity index is 388. The molecule has 0 radical (unpaired) electrons. The van der Waals surface area contributed by atoms with Crippen molar-refractivity contribution in [2.75, 3.05) is 19.6 Å². The second kappa shape index (κ2) is 6.59. The molecule has 0 unspecified atom stereocenters. The number of hydrogen-bond donors (Lipinski definition) is 1. The first kappa shape index (κ1) is 14.8. The molecule has 2 rings (SSSR count). The highest BCUT2D eigenvalue weighted by Crippen LogP contribution is 2.19. The van der Waals surface area contributed by atoms with Gasteiger partial charge in [0, 0.05) is 18.8 Å². The van der Waals surface area contributed by atoms with E-state index in [1.807, 2.05) is 13.8 Å². The van der Waals surface area contributed by atoms with Gasteiger partial charge < -0.3 is 9.72 Å². The quantitative estimate of drug-likeness (QED) is 0.894. The van der Waals surface area contributed by atoms with Crippen molar-refractivity contribution in [3.63, 3.8) is 0 Å². The van der Waals surface area contributed by atoms with Crippen LogP contribution in [0.1, 0.15) is 34.1 Å². The number of rotatable bonds is 4. The molecule has 1 saturated heterocycles. The Labute approximate surface area is 109 Å².